The molecule has 5 nitrogen and oxygen atoms in total. The smallest absolute Gasteiger partial charge is 0.308 e. The van der Waals surface area contributed by atoms with Crippen LogP contribution in [0.1, 0.15) is 15.9 Å². The Hall–Kier alpha value is -2.97. The number of nitro benzene ring substituents is 1. The third-order valence-electron chi connectivity index (χ3n) is 3.21. The number of benzene rings is 2. The molecule has 1 N–H and O–H groups in total. The Morgan fingerprint density at radius 2 is 1.75 bits per heavy atom. The summed E-state index contributed by atoms with van der Waals surface area (Å²) in [5, 5.41) is 12.8. The van der Waals surface area contributed by atoms with Crippen LogP contribution in [-0.4, -0.2) is 17.4 Å². The van der Waals surface area contributed by atoms with Crippen LogP contribution < -0.4 is 5.32 Å². The first-order valence-electron chi connectivity index (χ1n) is 6.66. The lowest BCUT2D eigenvalue weighted by Gasteiger charge is -2.08. The molecule has 0 spiro atoms. The van der Waals surface area contributed by atoms with Crippen molar-refractivity contribution in [3.05, 3.63) is 74.8 Å². The van der Waals surface area contributed by atoms with Crippen molar-refractivity contribution in [3.63, 3.8) is 0 Å². The Balaban J connectivity index is 2.15. The van der Waals surface area contributed by atoms with Gasteiger partial charge in [-0.25, -0.2) is 13.2 Å². The number of amides is 1. The Kier molecular flexibility index (Phi) is 5.12. The number of carbonyl (C=O) groups excluding carboxylic acids is 1. The van der Waals surface area contributed by atoms with Gasteiger partial charge in [0.1, 0.15) is 5.82 Å². The molecule has 0 radical (unpaired) electrons. The predicted molar refractivity (Wildman–Crippen MR) is 75.4 cm³/mol. The Morgan fingerprint density at radius 3 is 2.38 bits per heavy atom. The van der Waals surface area contributed by atoms with E-state index in [-0.39, 0.29) is 18.5 Å². The van der Waals surface area contributed by atoms with Crippen molar-refractivity contribution < 1.29 is 27.3 Å². The number of hydrogen-bond acceptors (Lipinski definition) is 3. The molecular formula is C15H10F4N2O3. The van der Waals surface area contributed by atoms with Gasteiger partial charge in [-0.15, -0.1) is 0 Å². The van der Waals surface area contributed by atoms with Gasteiger partial charge in [0, 0.05) is 12.6 Å². The van der Waals surface area contributed by atoms with E-state index in [0.29, 0.717) is 6.07 Å². The molecule has 0 saturated heterocycles. The molecule has 2 aromatic rings. The van der Waals surface area contributed by atoms with Crippen LogP contribution in [0.15, 0.2) is 30.3 Å². The van der Waals surface area contributed by atoms with E-state index in [1.54, 1.807) is 6.07 Å². The highest BCUT2D eigenvalue weighted by Gasteiger charge is 2.28. The van der Waals surface area contributed by atoms with Crippen LogP contribution in [0.5, 0.6) is 0 Å². The average molecular weight is 342 g/mol. The molecule has 1 amide bonds. The van der Waals surface area contributed by atoms with Crippen molar-refractivity contribution in [2.75, 3.05) is 6.54 Å². The molecule has 0 aromatic heterocycles. The minimum atomic E-state index is -2.11. The summed E-state index contributed by atoms with van der Waals surface area (Å²) in [6, 6.07) is 6.07. The van der Waals surface area contributed by atoms with Crippen LogP contribution in [0, 0.1) is 33.4 Å². The van der Waals surface area contributed by atoms with Gasteiger partial charge in [-0.2, -0.15) is 4.39 Å². The molecule has 0 fully saturated rings. The van der Waals surface area contributed by atoms with E-state index in [1.165, 1.54) is 18.2 Å². The maximum Gasteiger partial charge on any atom is 0.308 e. The fraction of sp³-hybridized carbons (Fsp3) is 0.133. The predicted octanol–water partition coefficient (Wildman–Crippen LogP) is 3.12. The molecule has 0 aliphatic carbocycles. The van der Waals surface area contributed by atoms with Crippen molar-refractivity contribution in [2.45, 2.75) is 6.42 Å². The summed E-state index contributed by atoms with van der Waals surface area (Å²) in [5.41, 5.74) is -2.07. The number of halogens is 4. The topological polar surface area (TPSA) is 72.2 Å². The highest BCUT2D eigenvalue weighted by atomic mass is 19.2. The molecule has 0 atom stereocenters. The van der Waals surface area contributed by atoms with Gasteiger partial charge in [-0.1, -0.05) is 18.2 Å². The number of nitrogens with zero attached hydrogens (tertiary/aromatic N) is 1. The van der Waals surface area contributed by atoms with Crippen molar-refractivity contribution in [3.8, 4) is 0 Å². The van der Waals surface area contributed by atoms with Gasteiger partial charge < -0.3 is 5.32 Å². The van der Waals surface area contributed by atoms with Crippen molar-refractivity contribution in [1.29, 1.82) is 0 Å². The molecule has 0 saturated carbocycles. The SMILES string of the molecule is O=C(NCCc1ccccc1F)c1cc([N+](=O)[O-])c(F)c(F)c1F. The minimum absolute atomic E-state index is 0.0613. The second kappa shape index (κ2) is 7.07. The average Bonchev–Trinajstić information content (AvgIpc) is 2.54. The van der Waals surface area contributed by atoms with E-state index in [2.05, 4.69) is 5.32 Å². The van der Waals surface area contributed by atoms with E-state index < -0.39 is 45.4 Å². The van der Waals surface area contributed by atoms with Gasteiger partial charge in [-0.3, -0.25) is 14.9 Å². The fourth-order valence-corrected chi connectivity index (χ4v) is 2.00. The molecule has 126 valence electrons. The van der Waals surface area contributed by atoms with Gasteiger partial charge in [0.05, 0.1) is 10.5 Å². The maximum absolute atomic E-state index is 13.6. The highest BCUT2D eigenvalue weighted by Crippen LogP contribution is 2.25. The second-order valence-corrected chi connectivity index (χ2v) is 4.74. The standard InChI is InChI=1S/C15H10F4N2O3/c16-10-4-2-1-3-8(10)5-6-20-15(22)9-7-11(21(23)24)13(18)14(19)12(9)17/h1-4,7H,5-6H2,(H,20,22). The first kappa shape index (κ1) is 17.4. The first-order valence-corrected chi connectivity index (χ1v) is 6.66. The Labute approximate surface area is 133 Å². The van der Waals surface area contributed by atoms with Crippen LogP contribution in [-0.2, 0) is 6.42 Å². The fourth-order valence-electron chi connectivity index (χ4n) is 2.00. The zero-order valence-electron chi connectivity index (χ0n) is 12.0. The normalized spacial score (nSPS) is 10.5. The maximum atomic E-state index is 13.6. The lowest BCUT2D eigenvalue weighted by molar-refractivity contribution is -0.387. The molecule has 9 heteroatoms. The summed E-state index contributed by atoms with van der Waals surface area (Å²) in [4.78, 5) is 21.2. The third kappa shape index (κ3) is 3.50. The van der Waals surface area contributed by atoms with Crippen LogP contribution in [0.2, 0.25) is 0 Å². The summed E-state index contributed by atoms with van der Waals surface area (Å²) < 4.78 is 53.6. The van der Waals surface area contributed by atoms with E-state index in [4.69, 9.17) is 0 Å². The van der Waals surface area contributed by atoms with Crippen LogP contribution in [0.3, 0.4) is 0 Å². The van der Waals surface area contributed by atoms with Crippen LogP contribution in [0.25, 0.3) is 0 Å². The molecule has 2 aromatic carbocycles. The number of rotatable bonds is 5. The number of hydrogen-bond donors (Lipinski definition) is 1. The molecule has 0 bridgehead atoms. The summed E-state index contributed by atoms with van der Waals surface area (Å²) in [6.45, 7) is -0.133. The number of nitrogens with one attached hydrogen (secondary N) is 1. The monoisotopic (exact) mass is 342 g/mol. The van der Waals surface area contributed by atoms with Gasteiger partial charge in [0.2, 0.25) is 11.6 Å². The Bertz CT molecular complexity index is 812. The molecule has 0 aliphatic heterocycles. The van der Waals surface area contributed by atoms with Gasteiger partial charge in [-0.05, 0) is 18.1 Å². The van der Waals surface area contributed by atoms with E-state index in [0.717, 1.165) is 0 Å². The largest absolute Gasteiger partial charge is 0.352 e. The summed E-state index contributed by atoms with van der Waals surface area (Å²) in [7, 11) is 0. The summed E-state index contributed by atoms with van der Waals surface area (Å²) >= 11 is 0. The molecule has 0 heterocycles. The second-order valence-electron chi connectivity index (χ2n) is 4.74. The molecule has 24 heavy (non-hydrogen) atoms. The first-order chi connectivity index (χ1) is 11.3. The molecule has 0 aliphatic rings. The lowest BCUT2D eigenvalue weighted by Crippen LogP contribution is -2.27. The van der Waals surface area contributed by atoms with Crippen molar-refractivity contribution in [1.82, 2.24) is 5.32 Å². The molecular weight excluding hydrogens is 332 g/mol. The minimum Gasteiger partial charge on any atom is -0.352 e. The Morgan fingerprint density at radius 1 is 1.08 bits per heavy atom. The van der Waals surface area contributed by atoms with Gasteiger partial charge in [0.25, 0.3) is 5.91 Å². The summed E-state index contributed by atoms with van der Waals surface area (Å²) in [5.74, 6) is -7.60. The number of nitro groups is 1. The van der Waals surface area contributed by atoms with Crippen molar-refractivity contribution >= 4 is 11.6 Å². The summed E-state index contributed by atoms with van der Waals surface area (Å²) in [6.07, 6.45) is 0.0613. The van der Waals surface area contributed by atoms with E-state index in [1.807, 2.05) is 0 Å². The highest BCUT2D eigenvalue weighted by molar-refractivity contribution is 5.95. The van der Waals surface area contributed by atoms with E-state index in [9.17, 15) is 32.5 Å². The van der Waals surface area contributed by atoms with Crippen LogP contribution in [0.4, 0.5) is 23.2 Å². The zero-order valence-corrected chi connectivity index (χ0v) is 12.0. The van der Waals surface area contributed by atoms with E-state index >= 15 is 0 Å². The number of carbonyl (C=O) groups is 1. The van der Waals surface area contributed by atoms with Crippen LogP contribution >= 0.6 is 0 Å². The van der Waals surface area contributed by atoms with Crippen molar-refractivity contribution in [2.24, 2.45) is 0 Å². The molecule has 0 unspecified atom stereocenters. The zero-order chi connectivity index (χ0) is 17.9. The lowest BCUT2D eigenvalue weighted by atomic mass is 10.1. The molecule has 2 rings (SSSR count). The van der Waals surface area contributed by atoms with Gasteiger partial charge in [0.15, 0.2) is 5.82 Å². The quantitative estimate of drug-likeness (QED) is 0.393. The van der Waals surface area contributed by atoms with Gasteiger partial charge >= 0.3 is 5.69 Å². The third-order valence-corrected chi connectivity index (χ3v) is 3.21.